The first kappa shape index (κ1) is 11.9. The van der Waals surface area contributed by atoms with Gasteiger partial charge in [-0.15, -0.1) is 0 Å². The Morgan fingerprint density at radius 2 is 2.25 bits per heavy atom. The molecule has 6 heteroatoms. The van der Waals surface area contributed by atoms with Gasteiger partial charge in [0.1, 0.15) is 5.65 Å². The Morgan fingerprint density at radius 1 is 1.35 bits per heavy atom. The number of halogens is 1. The predicted molar refractivity (Wildman–Crippen MR) is 77.2 cm³/mol. The highest BCUT2D eigenvalue weighted by Gasteiger charge is 2.22. The summed E-state index contributed by atoms with van der Waals surface area (Å²) in [5.74, 6) is 0.830. The summed E-state index contributed by atoms with van der Waals surface area (Å²) in [5.41, 5.74) is 2.02. The van der Waals surface area contributed by atoms with Crippen molar-refractivity contribution in [3.8, 4) is 5.82 Å². The second-order valence-electron chi connectivity index (χ2n) is 5.07. The number of fused-ring (bicyclic) bond motifs is 1. The molecule has 1 N–H and O–H groups in total. The third-order valence-corrected chi connectivity index (χ3v) is 3.71. The van der Waals surface area contributed by atoms with Gasteiger partial charge in [-0.1, -0.05) is 17.7 Å². The van der Waals surface area contributed by atoms with Crippen LogP contribution in [0.3, 0.4) is 0 Å². The van der Waals surface area contributed by atoms with Crippen LogP contribution in [-0.2, 0) is 6.54 Å². The van der Waals surface area contributed by atoms with Crippen LogP contribution in [0.5, 0.6) is 0 Å². The van der Waals surface area contributed by atoms with Crippen LogP contribution in [0.2, 0.25) is 5.02 Å². The molecule has 102 valence electrons. The molecule has 0 saturated heterocycles. The lowest BCUT2D eigenvalue weighted by Crippen LogP contribution is -2.18. The maximum Gasteiger partial charge on any atom is 0.176 e. The van der Waals surface area contributed by atoms with Crippen LogP contribution < -0.4 is 5.32 Å². The molecule has 1 aliphatic rings. The minimum absolute atomic E-state index is 0.614. The molecule has 0 aromatic carbocycles. The van der Waals surface area contributed by atoms with Gasteiger partial charge in [-0.3, -0.25) is 0 Å². The van der Waals surface area contributed by atoms with Gasteiger partial charge in [0, 0.05) is 18.8 Å². The molecular weight excluding hydrogens is 274 g/mol. The average Bonchev–Trinajstić information content (AvgIpc) is 3.07. The van der Waals surface area contributed by atoms with E-state index in [2.05, 4.69) is 19.8 Å². The predicted octanol–water partition coefficient (Wildman–Crippen LogP) is 2.43. The first-order valence-electron chi connectivity index (χ1n) is 6.71. The number of imidazole rings is 1. The zero-order valence-corrected chi connectivity index (χ0v) is 11.6. The minimum atomic E-state index is 0.614. The zero-order valence-electron chi connectivity index (χ0n) is 10.8. The number of nitrogens with zero attached hydrogens (tertiary/aromatic N) is 4. The fourth-order valence-corrected chi connectivity index (χ4v) is 2.46. The summed E-state index contributed by atoms with van der Waals surface area (Å²) in [6.07, 6.45) is 7.97. The van der Waals surface area contributed by atoms with Crippen LogP contribution >= 0.6 is 11.6 Å². The summed E-state index contributed by atoms with van der Waals surface area (Å²) < 4.78 is 3.83. The second kappa shape index (κ2) is 4.61. The molecule has 3 aromatic rings. The summed E-state index contributed by atoms with van der Waals surface area (Å²) in [6, 6.07) is 6.64. The standard InChI is InChI=1S/C14H14ClN5/c15-10-7-17-20(9-10)14-12(8-16-11-4-5-11)19-6-2-1-3-13(19)18-14/h1-3,6-7,9,11,16H,4-5,8H2. The van der Waals surface area contributed by atoms with Crippen molar-refractivity contribution < 1.29 is 0 Å². The van der Waals surface area contributed by atoms with E-state index in [0.29, 0.717) is 11.1 Å². The van der Waals surface area contributed by atoms with Gasteiger partial charge in [-0.25, -0.2) is 9.67 Å². The molecule has 0 bridgehead atoms. The van der Waals surface area contributed by atoms with Gasteiger partial charge in [0.2, 0.25) is 0 Å². The topological polar surface area (TPSA) is 47.2 Å². The highest BCUT2D eigenvalue weighted by molar-refractivity contribution is 6.30. The van der Waals surface area contributed by atoms with Crippen molar-refractivity contribution in [2.24, 2.45) is 0 Å². The molecule has 0 radical (unpaired) electrons. The summed E-state index contributed by atoms with van der Waals surface area (Å²) in [4.78, 5) is 4.66. The van der Waals surface area contributed by atoms with E-state index in [-0.39, 0.29) is 0 Å². The van der Waals surface area contributed by atoms with Crippen molar-refractivity contribution in [1.82, 2.24) is 24.5 Å². The van der Waals surface area contributed by atoms with Crippen LogP contribution in [-0.4, -0.2) is 25.2 Å². The van der Waals surface area contributed by atoms with Crippen LogP contribution in [0.25, 0.3) is 11.5 Å². The van der Waals surface area contributed by atoms with E-state index in [0.717, 1.165) is 23.7 Å². The van der Waals surface area contributed by atoms with Gasteiger partial charge in [0.25, 0.3) is 0 Å². The molecule has 0 unspecified atom stereocenters. The average molecular weight is 288 g/mol. The number of rotatable bonds is 4. The molecule has 3 aromatic heterocycles. The molecule has 0 spiro atoms. The number of pyridine rings is 1. The zero-order chi connectivity index (χ0) is 13.5. The Kier molecular flexibility index (Phi) is 2.75. The second-order valence-corrected chi connectivity index (χ2v) is 5.51. The molecule has 1 aliphatic carbocycles. The van der Waals surface area contributed by atoms with E-state index in [9.17, 15) is 0 Å². The van der Waals surface area contributed by atoms with E-state index in [1.165, 1.54) is 12.8 Å². The molecule has 0 amide bonds. The summed E-state index contributed by atoms with van der Waals surface area (Å²) in [6.45, 7) is 0.780. The van der Waals surface area contributed by atoms with Crippen molar-refractivity contribution in [3.05, 3.63) is 47.5 Å². The van der Waals surface area contributed by atoms with Gasteiger partial charge in [-0.05, 0) is 25.0 Å². The van der Waals surface area contributed by atoms with Gasteiger partial charge >= 0.3 is 0 Å². The van der Waals surface area contributed by atoms with Crippen molar-refractivity contribution in [2.75, 3.05) is 0 Å². The lowest BCUT2D eigenvalue weighted by atomic mass is 10.4. The maximum absolute atomic E-state index is 5.97. The SMILES string of the molecule is Clc1cnn(-c2nc3ccccn3c2CNC2CC2)c1. The highest BCUT2D eigenvalue weighted by Crippen LogP contribution is 2.22. The van der Waals surface area contributed by atoms with Gasteiger partial charge in [-0.2, -0.15) is 5.10 Å². The Balaban J connectivity index is 1.82. The summed E-state index contributed by atoms with van der Waals surface area (Å²) in [5, 5.41) is 8.41. The number of aromatic nitrogens is 4. The third kappa shape index (κ3) is 2.09. The first-order chi connectivity index (χ1) is 9.81. The quantitative estimate of drug-likeness (QED) is 0.802. The van der Waals surface area contributed by atoms with Crippen LogP contribution in [0.15, 0.2) is 36.8 Å². The molecule has 4 rings (SSSR count). The molecule has 0 atom stereocenters. The molecule has 0 aliphatic heterocycles. The van der Waals surface area contributed by atoms with Crippen molar-refractivity contribution >= 4 is 17.2 Å². The Bertz CT molecular complexity index is 756. The molecule has 3 heterocycles. The lowest BCUT2D eigenvalue weighted by Gasteiger charge is -2.06. The van der Waals surface area contributed by atoms with Crippen molar-refractivity contribution in [3.63, 3.8) is 0 Å². The van der Waals surface area contributed by atoms with Gasteiger partial charge in [0.05, 0.1) is 23.1 Å². The number of nitrogens with one attached hydrogen (secondary N) is 1. The summed E-state index contributed by atoms with van der Waals surface area (Å²) >= 11 is 5.97. The largest absolute Gasteiger partial charge is 0.308 e. The normalized spacial score (nSPS) is 15.1. The Morgan fingerprint density at radius 3 is 3.00 bits per heavy atom. The monoisotopic (exact) mass is 287 g/mol. The molecule has 1 saturated carbocycles. The third-order valence-electron chi connectivity index (χ3n) is 3.51. The number of hydrogen-bond acceptors (Lipinski definition) is 3. The van der Waals surface area contributed by atoms with Gasteiger partial charge in [0.15, 0.2) is 5.82 Å². The molecule has 20 heavy (non-hydrogen) atoms. The summed E-state index contributed by atoms with van der Waals surface area (Å²) in [7, 11) is 0. The van der Waals surface area contributed by atoms with E-state index >= 15 is 0 Å². The molecule has 5 nitrogen and oxygen atoms in total. The molecule has 1 fully saturated rings. The van der Waals surface area contributed by atoms with Crippen molar-refractivity contribution in [1.29, 1.82) is 0 Å². The van der Waals surface area contributed by atoms with Crippen LogP contribution in [0.4, 0.5) is 0 Å². The van der Waals surface area contributed by atoms with Crippen LogP contribution in [0, 0.1) is 0 Å². The highest BCUT2D eigenvalue weighted by atomic mass is 35.5. The Hall–Kier alpha value is -1.85. The lowest BCUT2D eigenvalue weighted by molar-refractivity contribution is 0.662. The number of hydrogen-bond donors (Lipinski definition) is 1. The van der Waals surface area contributed by atoms with E-state index in [4.69, 9.17) is 11.6 Å². The van der Waals surface area contributed by atoms with E-state index in [1.807, 2.05) is 24.4 Å². The smallest absolute Gasteiger partial charge is 0.176 e. The Labute approximate surface area is 121 Å². The fourth-order valence-electron chi connectivity index (χ4n) is 2.33. The first-order valence-corrected chi connectivity index (χ1v) is 7.09. The molecular formula is C14H14ClN5. The maximum atomic E-state index is 5.97. The van der Waals surface area contributed by atoms with Crippen molar-refractivity contribution in [2.45, 2.75) is 25.4 Å². The fraction of sp³-hybridized carbons (Fsp3) is 0.286. The van der Waals surface area contributed by atoms with Gasteiger partial charge < -0.3 is 9.72 Å². The van der Waals surface area contributed by atoms with E-state index in [1.54, 1.807) is 17.1 Å². The van der Waals surface area contributed by atoms with Crippen LogP contribution in [0.1, 0.15) is 18.5 Å². The minimum Gasteiger partial charge on any atom is -0.308 e. The van der Waals surface area contributed by atoms with E-state index < -0.39 is 0 Å².